The maximum Gasteiger partial charge on any atom is 0.0571 e. The molecule has 155 valence electrons. The number of benzene rings is 1. The Morgan fingerprint density at radius 2 is 1.37 bits per heavy atom. The largest absolute Gasteiger partial charge is 0.358 e. The van der Waals surface area contributed by atoms with E-state index in [2.05, 4.69) is 31.8 Å². The molecule has 1 nitrogen and oxygen atoms in total. The van der Waals surface area contributed by atoms with E-state index in [0.29, 0.717) is 0 Å². The predicted octanol–water partition coefficient (Wildman–Crippen LogP) is 7.60. The first-order valence-corrected chi connectivity index (χ1v) is 12.2. The van der Waals surface area contributed by atoms with Crippen molar-refractivity contribution in [3.05, 3.63) is 62.2 Å². The molecule has 1 aromatic heterocycles. The molecule has 0 aliphatic carbocycles. The summed E-state index contributed by atoms with van der Waals surface area (Å²) in [6.45, 7) is 6.96. The van der Waals surface area contributed by atoms with E-state index in [1.807, 2.05) is 42.5 Å². The molecule has 1 heterocycles. The van der Waals surface area contributed by atoms with Crippen LogP contribution in [0.1, 0.15) is 59.3 Å². The third-order valence-electron chi connectivity index (χ3n) is 4.30. The molecule has 1 aromatic carbocycles. The van der Waals surface area contributed by atoms with Crippen molar-refractivity contribution in [1.82, 2.24) is 4.98 Å². The minimum Gasteiger partial charge on any atom is -0.358 e. The number of hydrogen-bond acceptors (Lipinski definition) is 1. The minimum absolute atomic E-state index is 0. The Balaban J connectivity index is 0. The Morgan fingerprint density at radius 3 is 1.78 bits per heavy atom. The third-order valence-corrected chi connectivity index (χ3v) is 7.48. The molecule has 0 N–H and O–H groups in total. The summed E-state index contributed by atoms with van der Waals surface area (Å²) >= 11 is 0. The Kier molecular flexibility index (Phi) is 21.4. The molecule has 0 atom stereocenters. The summed E-state index contributed by atoms with van der Waals surface area (Å²) in [5, 5.41) is 0. The molecule has 27 heavy (non-hydrogen) atoms. The van der Waals surface area contributed by atoms with Crippen LogP contribution in [0.15, 0.2) is 48.7 Å². The molecule has 0 amide bonds. The molecule has 0 saturated carbocycles. The second-order valence-electron chi connectivity index (χ2n) is 6.55. The van der Waals surface area contributed by atoms with Gasteiger partial charge in [-0.3, -0.25) is 0 Å². The molecule has 0 bridgehead atoms. The second-order valence-corrected chi connectivity index (χ2v) is 9.55. The van der Waals surface area contributed by atoms with E-state index in [-0.39, 0.29) is 35.5 Å². The summed E-state index contributed by atoms with van der Waals surface area (Å²) in [6, 6.07) is 16.8. The smallest absolute Gasteiger partial charge is 0.0571 e. The zero-order valence-electron chi connectivity index (χ0n) is 17.8. The maximum atomic E-state index is 4.22. The standard InChI is InChI=1S/C12H27P.C11H8N.CH3.Ir/c1-4-7-10-13(11-8-5-2)12-9-6-3;1-2-6-10(7-3-1)11-8-4-5-9-12-11;;/h4-12H2,1-3H3;1-6,8-9H;1H3;/q;2*-1;/p+1. The van der Waals surface area contributed by atoms with Gasteiger partial charge in [-0.1, -0.05) is 52.2 Å². The van der Waals surface area contributed by atoms with Crippen LogP contribution in [-0.2, 0) is 20.1 Å². The van der Waals surface area contributed by atoms with E-state index in [1.165, 1.54) is 38.5 Å². The topological polar surface area (TPSA) is 12.9 Å². The van der Waals surface area contributed by atoms with E-state index in [1.54, 1.807) is 24.7 Å². The van der Waals surface area contributed by atoms with Gasteiger partial charge in [0, 0.05) is 34.2 Å². The molecule has 2 aromatic rings. The van der Waals surface area contributed by atoms with Crippen LogP contribution < -0.4 is 0 Å². The number of aromatic nitrogens is 1. The minimum atomic E-state index is 0. The second kappa shape index (κ2) is 20.2. The van der Waals surface area contributed by atoms with Gasteiger partial charge in [0.1, 0.15) is 0 Å². The Bertz CT molecular complexity index is 462. The van der Waals surface area contributed by atoms with Crippen molar-refractivity contribution < 1.29 is 20.1 Å². The fourth-order valence-electron chi connectivity index (χ4n) is 2.73. The molecular weight excluding hydrogens is 525 g/mol. The molecule has 1 radical (unpaired) electrons. The summed E-state index contributed by atoms with van der Waals surface area (Å²) in [7, 11) is 0.0675. The van der Waals surface area contributed by atoms with Gasteiger partial charge in [0.15, 0.2) is 0 Å². The van der Waals surface area contributed by atoms with E-state index in [9.17, 15) is 0 Å². The molecule has 0 aliphatic rings. The van der Waals surface area contributed by atoms with Gasteiger partial charge in [-0.25, -0.2) is 0 Å². The van der Waals surface area contributed by atoms with Crippen LogP contribution >= 0.6 is 7.92 Å². The van der Waals surface area contributed by atoms with Crippen LogP contribution in [0.4, 0.5) is 0 Å². The number of rotatable bonds is 10. The van der Waals surface area contributed by atoms with E-state index in [0.717, 1.165) is 11.3 Å². The first kappa shape index (κ1) is 28.7. The van der Waals surface area contributed by atoms with E-state index < -0.39 is 0 Å². The van der Waals surface area contributed by atoms with Crippen molar-refractivity contribution >= 4 is 7.92 Å². The fourth-order valence-corrected chi connectivity index (χ4v) is 6.04. The molecule has 0 aliphatic heterocycles. The van der Waals surface area contributed by atoms with Crippen molar-refractivity contribution in [3.63, 3.8) is 0 Å². The van der Waals surface area contributed by atoms with Crippen LogP contribution in [0.25, 0.3) is 11.3 Å². The van der Waals surface area contributed by atoms with E-state index >= 15 is 0 Å². The Labute approximate surface area is 183 Å². The first-order chi connectivity index (χ1) is 12.3. The van der Waals surface area contributed by atoms with Crippen molar-refractivity contribution in [2.45, 2.75) is 59.3 Å². The van der Waals surface area contributed by atoms with E-state index in [4.69, 9.17) is 0 Å². The van der Waals surface area contributed by atoms with Crippen molar-refractivity contribution in [1.29, 1.82) is 0 Å². The van der Waals surface area contributed by atoms with Crippen LogP contribution in [0, 0.1) is 13.5 Å². The van der Waals surface area contributed by atoms with Gasteiger partial charge in [0.25, 0.3) is 0 Å². The van der Waals surface area contributed by atoms with Gasteiger partial charge < -0.3 is 12.4 Å². The summed E-state index contributed by atoms with van der Waals surface area (Å²) < 4.78 is 0. The predicted molar refractivity (Wildman–Crippen MR) is 123 cm³/mol. The summed E-state index contributed by atoms with van der Waals surface area (Å²) in [5.41, 5.74) is 2.01. The molecule has 2 rings (SSSR count). The van der Waals surface area contributed by atoms with Gasteiger partial charge >= 0.3 is 0 Å². The number of unbranched alkanes of at least 4 members (excludes halogenated alkanes) is 3. The van der Waals surface area contributed by atoms with Gasteiger partial charge in [-0.15, -0.1) is 35.9 Å². The molecule has 0 spiro atoms. The SMILES string of the molecule is CCCC[PH+](CCCC)CCCC.[CH3-].[Ir].[c-]1ccccc1-c1ccccn1. The molecule has 0 fully saturated rings. The van der Waals surface area contributed by atoms with Crippen LogP contribution in [0.5, 0.6) is 0 Å². The van der Waals surface area contributed by atoms with Crippen LogP contribution in [0.2, 0.25) is 0 Å². The third kappa shape index (κ3) is 14.1. The van der Waals surface area contributed by atoms with Crippen molar-refractivity contribution in [2.75, 3.05) is 18.5 Å². The quantitative estimate of drug-likeness (QED) is 0.214. The summed E-state index contributed by atoms with van der Waals surface area (Å²) in [6.07, 6.45) is 15.2. The normalized spacial score (nSPS) is 9.63. The Morgan fingerprint density at radius 1 is 0.815 bits per heavy atom. The van der Waals surface area contributed by atoms with Crippen LogP contribution in [-0.4, -0.2) is 23.5 Å². The summed E-state index contributed by atoms with van der Waals surface area (Å²) in [5.74, 6) is 0. The van der Waals surface area contributed by atoms with Crippen molar-refractivity contribution in [3.8, 4) is 11.3 Å². The Hall–Kier alpha value is -0.551. The average Bonchev–Trinajstić information content (AvgIpc) is 2.69. The average molecular weight is 565 g/mol. The maximum absolute atomic E-state index is 4.22. The zero-order valence-corrected chi connectivity index (χ0v) is 21.2. The molecule has 0 unspecified atom stereocenters. The number of nitrogens with zero attached hydrogens (tertiary/aromatic N) is 1. The van der Waals surface area contributed by atoms with Crippen molar-refractivity contribution in [2.24, 2.45) is 0 Å². The molecular formula is C24H39IrNP-. The first-order valence-electron chi connectivity index (χ1n) is 10.0. The van der Waals surface area contributed by atoms with Crippen LogP contribution in [0.3, 0.4) is 0 Å². The molecule has 0 saturated heterocycles. The number of hydrogen-bond donors (Lipinski definition) is 0. The van der Waals surface area contributed by atoms with Gasteiger partial charge in [-0.2, -0.15) is 0 Å². The molecule has 3 heteroatoms. The fraction of sp³-hybridized carbons (Fsp3) is 0.500. The monoisotopic (exact) mass is 565 g/mol. The zero-order chi connectivity index (χ0) is 18.2. The number of pyridine rings is 1. The van der Waals surface area contributed by atoms with Gasteiger partial charge in [-0.05, 0) is 31.0 Å². The van der Waals surface area contributed by atoms with Gasteiger partial charge in [0.05, 0.1) is 18.5 Å². The van der Waals surface area contributed by atoms with Gasteiger partial charge in [0.2, 0.25) is 0 Å². The summed E-state index contributed by atoms with van der Waals surface area (Å²) in [4.78, 5) is 4.22.